The van der Waals surface area contributed by atoms with Gasteiger partial charge in [-0.3, -0.25) is 4.98 Å². The Balaban J connectivity index is 2.24. The van der Waals surface area contributed by atoms with E-state index in [0.29, 0.717) is 12.0 Å². The van der Waals surface area contributed by atoms with Crippen LogP contribution in [0.4, 0.5) is 4.39 Å². The fraction of sp³-hybridized carbons (Fsp3) is 0.214. The second-order valence-corrected chi connectivity index (χ2v) is 4.45. The Kier molecular flexibility index (Phi) is 4.28. The number of halogens is 2. The first-order chi connectivity index (χ1) is 8.72. The molecule has 1 heterocycles. The molecule has 18 heavy (non-hydrogen) atoms. The molecule has 94 valence electrons. The molecule has 2 aromatic rings. The van der Waals surface area contributed by atoms with Crippen LogP contribution in [0.15, 0.2) is 42.7 Å². The standard InChI is InChI=1S/C14H14ClFN2/c1-17-13(10-5-7-18-8-6-10)9-11-3-2-4-12(15)14(11)16/h2-8,13,17H,9H2,1H3. The van der Waals surface area contributed by atoms with Crippen LogP contribution in [0.5, 0.6) is 0 Å². The lowest BCUT2D eigenvalue weighted by Gasteiger charge is -2.17. The minimum absolute atomic E-state index is 0.0426. The molecule has 0 spiro atoms. The van der Waals surface area contributed by atoms with Crippen molar-refractivity contribution in [2.24, 2.45) is 0 Å². The molecule has 0 bridgehead atoms. The zero-order valence-electron chi connectivity index (χ0n) is 10.0. The maximum absolute atomic E-state index is 13.8. The van der Waals surface area contributed by atoms with Crippen molar-refractivity contribution in [1.29, 1.82) is 0 Å². The van der Waals surface area contributed by atoms with Gasteiger partial charge in [0.05, 0.1) is 5.02 Å². The van der Waals surface area contributed by atoms with E-state index in [2.05, 4.69) is 10.3 Å². The summed E-state index contributed by atoms with van der Waals surface area (Å²) >= 11 is 5.78. The maximum Gasteiger partial charge on any atom is 0.145 e. The first kappa shape index (κ1) is 13.0. The summed E-state index contributed by atoms with van der Waals surface area (Å²) in [4.78, 5) is 3.98. The van der Waals surface area contributed by atoms with E-state index >= 15 is 0 Å². The Morgan fingerprint density at radius 1 is 1.28 bits per heavy atom. The highest BCUT2D eigenvalue weighted by Crippen LogP contribution is 2.23. The summed E-state index contributed by atoms with van der Waals surface area (Å²) in [6.07, 6.45) is 4.01. The average Bonchev–Trinajstić information content (AvgIpc) is 2.41. The van der Waals surface area contributed by atoms with E-state index in [1.807, 2.05) is 19.2 Å². The Morgan fingerprint density at radius 3 is 2.67 bits per heavy atom. The molecule has 2 nitrogen and oxygen atoms in total. The normalized spacial score (nSPS) is 12.4. The van der Waals surface area contributed by atoms with Gasteiger partial charge in [0.25, 0.3) is 0 Å². The number of pyridine rings is 1. The Hall–Kier alpha value is -1.45. The lowest BCUT2D eigenvalue weighted by molar-refractivity contribution is 0.554. The van der Waals surface area contributed by atoms with Crippen molar-refractivity contribution in [3.05, 3.63) is 64.7 Å². The summed E-state index contributed by atoms with van der Waals surface area (Å²) in [5.74, 6) is -0.339. The topological polar surface area (TPSA) is 24.9 Å². The zero-order chi connectivity index (χ0) is 13.0. The highest BCUT2D eigenvalue weighted by molar-refractivity contribution is 6.30. The molecule has 0 aliphatic carbocycles. The summed E-state index contributed by atoms with van der Waals surface area (Å²) in [6, 6.07) is 8.96. The number of nitrogens with zero attached hydrogens (tertiary/aromatic N) is 1. The first-order valence-electron chi connectivity index (χ1n) is 5.72. The monoisotopic (exact) mass is 264 g/mol. The molecule has 0 saturated heterocycles. The van der Waals surface area contributed by atoms with E-state index in [1.165, 1.54) is 0 Å². The second-order valence-electron chi connectivity index (χ2n) is 4.04. The summed E-state index contributed by atoms with van der Waals surface area (Å²) in [6.45, 7) is 0. The van der Waals surface area contributed by atoms with Crippen molar-refractivity contribution in [2.45, 2.75) is 12.5 Å². The van der Waals surface area contributed by atoms with Gasteiger partial charge < -0.3 is 5.32 Å². The lowest BCUT2D eigenvalue weighted by atomic mass is 9.99. The van der Waals surface area contributed by atoms with Gasteiger partial charge in [-0.1, -0.05) is 23.7 Å². The minimum Gasteiger partial charge on any atom is -0.313 e. The van der Waals surface area contributed by atoms with E-state index in [-0.39, 0.29) is 16.9 Å². The van der Waals surface area contributed by atoms with Crippen LogP contribution in [-0.2, 0) is 6.42 Å². The third-order valence-electron chi connectivity index (χ3n) is 2.91. The smallest absolute Gasteiger partial charge is 0.145 e. The summed E-state index contributed by atoms with van der Waals surface area (Å²) < 4.78 is 13.8. The molecule has 2 rings (SSSR count). The number of aromatic nitrogens is 1. The largest absolute Gasteiger partial charge is 0.313 e. The molecule has 0 amide bonds. The number of nitrogens with one attached hydrogen (secondary N) is 1. The van der Waals surface area contributed by atoms with E-state index in [4.69, 9.17) is 11.6 Å². The van der Waals surface area contributed by atoms with Crippen molar-refractivity contribution in [2.75, 3.05) is 7.05 Å². The second kappa shape index (κ2) is 5.94. The number of hydrogen-bond acceptors (Lipinski definition) is 2. The predicted octanol–water partition coefficient (Wildman–Crippen LogP) is 3.38. The molecule has 1 atom stereocenters. The molecule has 1 aromatic carbocycles. The van der Waals surface area contributed by atoms with E-state index in [9.17, 15) is 4.39 Å². The van der Waals surface area contributed by atoms with Crippen LogP contribution in [-0.4, -0.2) is 12.0 Å². The van der Waals surface area contributed by atoms with Gasteiger partial charge in [-0.05, 0) is 42.8 Å². The molecule has 4 heteroatoms. The minimum atomic E-state index is -0.339. The third kappa shape index (κ3) is 2.86. The van der Waals surface area contributed by atoms with Gasteiger partial charge in [-0.25, -0.2) is 4.39 Å². The van der Waals surface area contributed by atoms with Gasteiger partial charge in [-0.15, -0.1) is 0 Å². The number of benzene rings is 1. The van der Waals surface area contributed by atoms with Crippen LogP contribution in [0, 0.1) is 5.82 Å². The quantitative estimate of drug-likeness (QED) is 0.916. The summed E-state index contributed by atoms with van der Waals surface area (Å²) in [7, 11) is 1.85. The highest BCUT2D eigenvalue weighted by atomic mass is 35.5. The highest BCUT2D eigenvalue weighted by Gasteiger charge is 2.13. The molecular weight excluding hydrogens is 251 g/mol. The fourth-order valence-electron chi connectivity index (χ4n) is 1.91. The van der Waals surface area contributed by atoms with Gasteiger partial charge in [-0.2, -0.15) is 0 Å². The van der Waals surface area contributed by atoms with Crippen molar-refractivity contribution in [3.63, 3.8) is 0 Å². The van der Waals surface area contributed by atoms with Crippen LogP contribution in [0.2, 0.25) is 5.02 Å². The van der Waals surface area contributed by atoms with Gasteiger partial charge in [0.2, 0.25) is 0 Å². The SMILES string of the molecule is CNC(Cc1cccc(Cl)c1F)c1ccncc1. The van der Waals surface area contributed by atoms with E-state index < -0.39 is 0 Å². The summed E-state index contributed by atoms with van der Waals surface area (Å²) in [5.41, 5.74) is 1.69. The number of rotatable bonds is 4. The van der Waals surface area contributed by atoms with Crippen molar-refractivity contribution >= 4 is 11.6 Å². The van der Waals surface area contributed by atoms with Gasteiger partial charge in [0.1, 0.15) is 5.82 Å². The molecule has 1 aromatic heterocycles. The van der Waals surface area contributed by atoms with Gasteiger partial charge in [0.15, 0.2) is 0 Å². The van der Waals surface area contributed by atoms with E-state index in [0.717, 1.165) is 5.56 Å². The molecule has 0 aliphatic heterocycles. The lowest BCUT2D eigenvalue weighted by Crippen LogP contribution is -2.19. The van der Waals surface area contributed by atoms with Crippen molar-refractivity contribution in [3.8, 4) is 0 Å². The molecule has 1 unspecified atom stereocenters. The van der Waals surface area contributed by atoms with Gasteiger partial charge in [0, 0.05) is 18.4 Å². The van der Waals surface area contributed by atoms with E-state index in [1.54, 1.807) is 30.6 Å². The molecule has 0 radical (unpaired) electrons. The Morgan fingerprint density at radius 2 is 2.00 bits per heavy atom. The molecule has 0 aliphatic rings. The van der Waals surface area contributed by atoms with Crippen molar-refractivity contribution < 1.29 is 4.39 Å². The molecule has 0 saturated carbocycles. The molecule has 0 fully saturated rings. The Labute approximate surface area is 111 Å². The van der Waals surface area contributed by atoms with Crippen LogP contribution in [0.25, 0.3) is 0 Å². The van der Waals surface area contributed by atoms with Crippen LogP contribution in [0.1, 0.15) is 17.2 Å². The van der Waals surface area contributed by atoms with Crippen LogP contribution < -0.4 is 5.32 Å². The van der Waals surface area contributed by atoms with Gasteiger partial charge >= 0.3 is 0 Å². The molecule has 1 N–H and O–H groups in total. The Bertz CT molecular complexity index is 516. The third-order valence-corrected chi connectivity index (χ3v) is 3.20. The zero-order valence-corrected chi connectivity index (χ0v) is 10.8. The van der Waals surface area contributed by atoms with Crippen molar-refractivity contribution in [1.82, 2.24) is 10.3 Å². The fourth-order valence-corrected chi connectivity index (χ4v) is 2.10. The average molecular weight is 265 g/mol. The predicted molar refractivity (Wildman–Crippen MR) is 71.2 cm³/mol. The maximum atomic E-state index is 13.8. The summed E-state index contributed by atoms with van der Waals surface area (Å²) in [5, 5.41) is 3.34. The number of likely N-dealkylation sites (N-methyl/N-ethyl adjacent to an activating group) is 1. The number of hydrogen-bond donors (Lipinski definition) is 1. The van der Waals surface area contributed by atoms with Crippen LogP contribution in [0.3, 0.4) is 0 Å². The molecular formula is C14H14ClFN2. The van der Waals surface area contributed by atoms with Crippen LogP contribution >= 0.6 is 11.6 Å². The first-order valence-corrected chi connectivity index (χ1v) is 6.10.